The van der Waals surface area contributed by atoms with Crippen LogP contribution in [-0.4, -0.2) is 71.6 Å². The van der Waals surface area contributed by atoms with Crippen molar-refractivity contribution < 1.29 is 37.0 Å². The van der Waals surface area contributed by atoms with Gasteiger partial charge in [-0.1, -0.05) is 113 Å². The summed E-state index contributed by atoms with van der Waals surface area (Å²) in [5.74, 6) is -0.0295. The average molecular weight is 788 g/mol. The molecule has 54 heavy (non-hydrogen) atoms. The fourth-order valence-electron chi connectivity index (χ4n) is 10.6. The molecule has 1 spiro atoms. The van der Waals surface area contributed by atoms with E-state index in [9.17, 15) is 0 Å². The van der Waals surface area contributed by atoms with E-state index in [0.29, 0.717) is 91.4 Å². The van der Waals surface area contributed by atoms with Gasteiger partial charge in [0.1, 0.15) is 24.7 Å². The third-order valence-electron chi connectivity index (χ3n) is 12.7. The van der Waals surface area contributed by atoms with Crippen LogP contribution in [0.15, 0.2) is 41.0 Å². The highest BCUT2D eigenvalue weighted by molar-refractivity contribution is 6.78. The zero-order chi connectivity index (χ0) is 39.3. The molecule has 3 aliphatic rings. The van der Waals surface area contributed by atoms with Crippen molar-refractivity contribution in [2.75, 3.05) is 19.8 Å². The quantitative estimate of drug-likeness (QED) is 0.137. The van der Waals surface area contributed by atoms with Crippen LogP contribution in [0.1, 0.15) is 138 Å². The van der Waals surface area contributed by atoms with Crippen LogP contribution in [0.25, 0.3) is 0 Å². The summed E-state index contributed by atoms with van der Waals surface area (Å²) in [6.45, 7) is 30.6. The minimum Gasteiger partial charge on any atom is -0.446 e. The number of nitrogens with zero attached hydrogens (tertiary/aromatic N) is 1. The lowest BCUT2D eigenvalue weighted by molar-refractivity contribution is -0.253. The molecule has 2 aromatic rings. The van der Waals surface area contributed by atoms with Crippen molar-refractivity contribution >= 4 is 16.6 Å². The van der Waals surface area contributed by atoms with Crippen LogP contribution in [0, 0.1) is 0 Å². The molecule has 5 rings (SSSR count). The number of hydrogen-bond acceptors (Lipinski definition) is 9. The van der Waals surface area contributed by atoms with E-state index >= 15 is 0 Å². The van der Waals surface area contributed by atoms with Crippen LogP contribution in [0.3, 0.4) is 0 Å². The van der Waals surface area contributed by atoms with Gasteiger partial charge in [0.2, 0.25) is 22.5 Å². The van der Waals surface area contributed by atoms with E-state index < -0.39 is 22.4 Å². The summed E-state index contributed by atoms with van der Waals surface area (Å²) < 4.78 is 53.1. The van der Waals surface area contributed by atoms with Gasteiger partial charge in [0.25, 0.3) is 0 Å². The Kier molecular flexibility index (Phi) is 15.3. The van der Waals surface area contributed by atoms with Gasteiger partial charge in [-0.05, 0) is 45.2 Å². The van der Waals surface area contributed by atoms with Crippen molar-refractivity contribution in [3.05, 3.63) is 53.7 Å². The summed E-state index contributed by atoms with van der Waals surface area (Å²) in [7, 11) is -4.25. The molecule has 3 aliphatic heterocycles. The van der Waals surface area contributed by atoms with Crippen molar-refractivity contribution in [1.82, 2.24) is 4.98 Å². The molecule has 4 heterocycles. The van der Waals surface area contributed by atoms with Crippen molar-refractivity contribution in [2.45, 2.75) is 198 Å². The minimum atomic E-state index is -2.17. The predicted octanol–water partition coefficient (Wildman–Crippen LogP) is 11.0. The SMILES string of the molecule is CC(C)[Si](OCc1nc([C@H]2C[C@@H](O[Si](C(C)C)(C(C)C)C(C)C)C[C@@H](C[C@H]3CC4(C[C@H](COCc5ccccc5)O3)OCCO4)O2)co1)(C(C)C)C(C)C. The highest BCUT2D eigenvalue weighted by atomic mass is 28.4. The second-order valence-electron chi connectivity index (χ2n) is 18.2. The molecule has 0 aliphatic carbocycles. The zero-order valence-electron chi connectivity index (χ0n) is 35.6. The second-order valence-corrected chi connectivity index (χ2v) is 29.0. The van der Waals surface area contributed by atoms with E-state index in [1.165, 1.54) is 0 Å². The first-order valence-corrected chi connectivity index (χ1v) is 25.3. The van der Waals surface area contributed by atoms with Gasteiger partial charge in [0.15, 0.2) is 5.79 Å². The van der Waals surface area contributed by atoms with Crippen molar-refractivity contribution in [3.63, 3.8) is 0 Å². The van der Waals surface area contributed by atoms with E-state index in [-0.39, 0.29) is 30.5 Å². The number of hydrogen-bond donors (Lipinski definition) is 0. The Labute approximate surface area is 329 Å². The van der Waals surface area contributed by atoms with Crippen LogP contribution < -0.4 is 0 Å². The van der Waals surface area contributed by atoms with E-state index in [1.54, 1.807) is 6.26 Å². The first kappa shape index (κ1) is 43.7. The maximum atomic E-state index is 7.49. The summed E-state index contributed by atoms with van der Waals surface area (Å²) >= 11 is 0. The Morgan fingerprint density at radius 1 is 0.704 bits per heavy atom. The van der Waals surface area contributed by atoms with Crippen LogP contribution in [0.5, 0.6) is 0 Å². The third-order valence-corrected chi connectivity index (χ3v) is 24.9. The van der Waals surface area contributed by atoms with Gasteiger partial charge in [0, 0.05) is 25.7 Å². The molecule has 0 saturated carbocycles. The normalized spacial score (nSPS) is 25.4. The van der Waals surface area contributed by atoms with Crippen LogP contribution in [0.2, 0.25) is 33.2 Å². The minimum absolute atomic E-state index is 0.0356. The Hall–Kier alpha value is -1.42. The van der Waals surface area contributed by atoms with Gasteiger partial charge in [-0.25, -0.2) is 4.98 Å². The van der Waals surface area contributed by atoms with Gasteiger partial charge in [0.05, 0.1) is 50.8 Å². The number of oxazole rings is 1. The largest absolute Gasteiger partial charge is 0.446 e. The lowest BCUT2D eigenvalue weighted by Gasteiger charge is -2.47. The average Bonchev–Trinajstić information content (AvgIpc) is 3.76. The number of benzene rings is 1. The molecule has 1 aromatic carbocycles. The Morgan fingerprint density at radius 3 is 1.89 bits per heavy atom. The monoisotopic (exact) mass is 787 g/mol. The van der Waals surface area contributed by atoms with Gasteiger partial charge < -0.3 is 37.0 Å². The third kappa shape index (κ3) is 9.99. The molecule has 1 aromatic heterocycles. The van der Waals surface area contributed by atoms with Crippen molar-refractivity contribution in [2.24, 2.45) is 0 Å². The molecule has 9 nitrogen and oxygen atoms in total. The molecule has 11 heteroatoms. The van der Waals surface area contributed by atoms with Crippen molar-refractivity contribution in [3.8, 4) is 0 Å². The summed E-state index contributed by atoms with van der Waals surface area (Å²) in [5, 5.41) is 0. The Morgan fingerprint density at radius 2 is 1.30 bits per heavy atom. The van der Waals surface area contributed by atoms with Crippen LogP contribution in [0.4, 0.5) is 0 Å². The molecule has 5 atom stereocenters. The molecule has 3 saturated heterocycles. The standard InChI is InChI=1S/C43H73NO8Si2/c1-29(2)53(30(3)4,31(5)6)49-28-42-44-40(27-46-42)41-22-37(52-54(32(7)8,33(9)10)34(11)12)20-36(51-41)21-38-23-43(47-18-19-48-43)24-39(50-38)26-45-25-35-16-14-13-15-17-35/h13-17,27,29-34,36-39,41H,18-26,28H2,1-12H3/t36-,37-,38-,39+,41+/m0/s1. The predicted molar refractivity (Wildman–Crippen MR) is 218 cm³/mol. The lowest BCUT2D eigenvalue weighted by atomic mass is 9.90. The summed E-state index contributed by atoms with van der Waals surface area (Å²) in [5.41, 5.74) is 4.86. The maximum absolute atomic E-state index is 7.49. The summed E-state index contributed by atoms with van der Waals surface area (Å²) in [6.07, 6.45) is 4.79. The highest BCUT2D eigenvalue weighted by Crippen LogP contribution is 2.47. The van der Waals surface area contributed by atoms with E-state index in [1.807, 2.05) is 18.2 Å². The molecular formula is C43H73NO8Si2. The smallest absolute Gasteiger partial charge is 0.219 e. The molecule has 0 N–H and O–H groups in total. The highest BCUT2D eigenvalue weighted by Gasteiger charge is 2.50. The Bertz CT molecular complexity index is 1370. The molecule has 0 radical (unpaired) electrons. The van der Waals surface area contributed by atoms with Crippen LogP contribution >= 0.6 is 0 Å². The van der Waals surface area contributed by atoms with E-state index in [2.05, 4.69) is 95.2 Å². The molecule has 0 amide bonds. The van der Waals surface area contributed by atoms with Gasteiger partial charge in [-0.2, -0.15) is 0 Å². The Balaban J connectivity index is 1.35. The van der Waals surface area contributed by atoms with Gasteiger partial charge >= 0.3 is 0 Å². The molecule has 0 bridgehead atoms. The molecular weight excluding hydrogens is 715 g/mol. The number of ether oxygens (including phenoxy) is 5. The van der Waals surface area contributed by atoms with Crippen LogP contribution in [-0.2, 0) is 45.8 Å². The summed E-state index contributed by atoms with van der Waals surface area (Å²) in [4.78, 5) is 5.03. The number of rotatable bonds is 18. The van der Waals surface area contributed by atoms with Gasteiger partial charge in [-0.15, -0.1) is 0 Å². The molecule has 306 valence electrons. The van der Waals surface area contributed by atoms with E-state index in [0.717, 1.165) is 24.1 Å². The lowest BCUT2D eigenvalue weighted by Crippen LogP contribution is -2.52. The zero-order valence-corrected chi connectivity index (χ0v) is 37.6. The first-order chi connectivity index (χ1) is 25.6. The molecule has 3 fully saturated rings. The summed E-state index contributed by atoms with van der Waals surface area (Å²) in [6, 6.07) is 10.3. The fourth-order valence-corrected chi connectivity index (χ4v) is 21.6. The van der Waals surface area contributed by atoms with E-state index in [4.69, 9.17) is 41.9 Å². The van der Waals surface area contributed by atoms with Gasteiger partial charge in [-0.3, -0.25) is 0 Å². The second kappa shape index (κ2) is 18.9. The molecule has 0 unspecified atom stereocenters. The van der Waals surface area contributed by atoms with Crippen molar-refractivity contribution in [1.29, 1.82) is 0 Å². The number of aromatic nitrogens is 1. The maximum Gasteiger partial charge on any atom is 0.219 e. The fraction of sp³-hybridized carbons (Fsp3) is 0.791. The first-order valence-electron chi connectivity index (χ1n) is 21.1. The topological polar surface area (TPSA) is 90.6 Å².